The zero-order valence-electron chi connectivity index (χ0n) is 5.87. The van der Waals surface area contributed by atoms with E-state index in [1.54, 1.807) is 0 Å². The maximum absolute atomic E-state index is 10.7. The molecular weight excluding hydrogens is 140 g/mol. The Bertz CT molecular complexity index is 296. The molecule has 0 aliphatic carbocycles. The number of rotatable bonds is 0. The topological polar surface area (TPSA) is 43.2 Å². The maximum Gasteiger partial charge on any atom is 0.341 e. The van der Waals surface area contributed by atoms with Gasteiger partial charge in [0.15, 0.2) is 0 Å². The summed E-state index contributed by atoms with van der Waals surface area (Å²) in [6.45, 7) is 0.502. The molecule has 0 unspecified atom stereocenters. The highest BCUT2D eigenvalue weighted by molar-refractivity contribution is 5.91. The molecule has 1 aliphatic rings. The second kappa shape index (κ2) is 2.27. The van der Waals surface area contributed by atoms with Crippen molar-refractivity contribution in [1.82, 2.24) is 5.32 Å². The SMILES string of the molecule is O=C1[N]Cc2ccccc2N1. The third-order valence-electron chi connectivity index (χ3n) is 1.65. The van der Waals surface area contributed by atoms with E-state index >= 15 is 0 Å². The van der Waals surface area contributed by atoms with Crippen LogP contribution in [0.5, 0.6) is 0 Å². The van der Waals surface area contributed by atoms with E-state index in [4.69, 9.17) is 0 Å². The molecule has 11 heavy (non-hydrogen) atoms. The predicted octanol–water partition coefficient (Wildman–Crippen LogP) is 1.34. The molecule has 1 aromatic carbocycles. The van der Waals surface area contributed by atoms with Gasteiger partial charge in [0, 0.05) is 5.69 Å². The van der Waals surface area contributed by atoms with Gasteiger partial charge in [-0.1, -0.05) is 18.2 Å². The predicted molar refractivity (Wildman–Crippen MR) is 41.3 cm³/mol. The van der Waals surface area contributed by atoms with Gasteiger partial charge in [0.05, 0.1) is 6.54 Å². The van der Waals surface area contributed by atoms with E-state index in [1.807, 2.05) is 24.3 Å². The third kappa shape index (κ3) is 1.05. The lowest BCUT2D eigenvalue weighted by atomic mass is 10.1. The van der Waals surface area contributed by atoms with Gasteiger partial charge in [-0.25, -0.2) is 10.1 Å². The Labute approximate surface area is 64.4 Å². The number of fused-ring (bicyclic) bond motifs is 1. The van der Waals surface area contributed by atoms with Gasteiger partial charge in [-0.3, -0.25) is 0 Å². The molecule has 1 heterocycles. The highest BCUT2D eigenvalue weighted by Crippen LogP contribution is 2.17. The summed E-state index contributed by atoms with van der Waals surface area (Å²) in [6, 6.07) is 7.42. The Morgan fingerprint density at radius 3 is 3.09 bits per heavy atom. The van der Waals surface area contributed by atoms with Crippen LogP contribution in [0.15, 0.2) is 24.3 Å². The molecular formula is C8H7N2O. The van der Waals surface area contributed by atoms with Crippen LogP contribution >= 0.6 is 0 Å². The van der Waals surface area contributed by atoms with Crippen molar-refractivity contribution < 1.29 is 4.79 Å². The van der Waals surface area contributed by atoms with Gasteiger partial charge in [-0.15, -0.1) is 0 Å². The van der Waals surface area contributed by atoms with E-state index in [0.29, 0.717) is 6.54 Å². The minimum Gasteiger partial charge on any atom is -0.306 e. The molecule has 1 aliphatic heterocycles. The molecule has 0 fully saturated rings. The van der Waals surface area contributed by atoms with Crippen molar-refractivity contribution in [3.05, 3.63) is 29.8 Å². The summed E-state index contributed by atoms with van der Waals surface area (Å²) in [5, 5.41) is 6.38. The first-order valence-electron chi connectivity index (χ1n) is 3.42. The van der Waals surface area contributed by atoms with Crippen LogP contribution in [0.2, 0.25) is 0 Å². The molecule has 3 heteroatoms. The summed E-state index contributed by atoms with van der Waals surface area (Å²) in [7, 11) is 0. The number of hydrogen-bond acceptors (Lipinski definition) is 1. The molecule has 1 N–H and O–H groups in total. The fourth-order valence-electron chi connectivity index (χ4n) is 1.09. The molecule has 55 valence electrons. The molecule has 2 amide bonds. The largest absolute Gasteiger partial charge is 0.341 e. The molecule has 1 radical (unpaired) electrons. The number of anilines is 1. The van der Waals surface area contributed by atoms with E-state index < -0.39 is 0 Å². The third-order valence-corrected chi connectivity index (χ3v) is 1.65. The first-order chi connectivity index (χ1) is 5.36. The second-order valence-electron chi connectivity index (χ2n) is 2.40. The maximum atomic E-state index is 10.7. The lowest BCUT2D eigenvalue weighted by molar-refractivity contribution is 0.250. The minimum absolute atomic E-state index is 0.247. The highest BCUT2D eigenvalue weighted by atomic mass is 16.2. The first kappa shape index (κ1) is 6.22. The summed E-state index contributed by atoms with van der Waals surface area (Å²) in [5.41, 5.74) is 1.96. The summed E-state index contributed by atoms with van der Waals surface area (Å²) in [5.74, 6) is 0. The number of amides is 2. The summed E-state index contributed by atoms with van der Waals surface area (Å²) in [4.78, 5) is 10.7. The van der Waals surface area contributed by atoms with Crippen LogP contribution in [0.25, 0.3) is 0 Å². The summed E-state index contributed by atoms with van der Waals surface area (Å²) >= 11 is 0. The zero-order valence-corrected chi connectivity index (χ0v) is 5.87. The van der Waals surface area contributed by atoms with Gasteiger partial charge in [0.1, 0.15) is 0 Å². The molecule has 1 aromatic rings. The van der Waals surface area contributed by atoms with E-state index in [-0.39, 0.29) is 6.03 Å². The molecule has 0 aromatic heterocycles. The van der Waals surface area contributed by atoms with Crippen molar-refractivity contribution >= 4 is 11.7 Å². The van der Waals surface area contributed by atoms with Crippen LogP contribution in [0.3, 0.4) is 0 Å². The lowest BCUT2D eigenvalue weighted by Gasteiger charge is -2.15. The normalized spacial score (nSPS) is 14.7. The van der Waals surface area contributed by atoms with Crippen LogP contribution in [-0.2, 0) is 6.54 Å². The molecule has 0 saturated heterocycles. The van der Waals surface area contributed by atoms with Crippen molar-refractivity contribution in [3.8, 4) is 0 Å². The molecule has 0 bridgehead atoms. The number of nitrogens with zero attached hydrogens (tertiary/aromatic N) is 1. The minimum atomic E-state index is -0.247. The van der Waals surface area contributed by atoms with E-state index in [2.05, 4.69) is 10.6 Å². The Morgan fingerprint density at radius 1 is 1.36 bits per heavy atom. The van der Waals surface area contributed by atoms with Gasteiger partial charge in [-0.2, -0.15) is 0 Å². The number of carbonyl (C=O) groups excluding carboxylic acids is 1. The number of carbonyl (C=O) groups is 1. The van der Waals surface area contributed by atoms with Crippen molar-refractivity contribution in [3.63, 3.8) is 0 Å². The Hall–Kier alpha value is -1.51. The fourth-order valence-corrected chi connectivity index (χ4v) is 1.09. The van der Waals surface area contributed by atoms with Crippen molar-refractivity contribution in [2.45, 2.75) is 6.54 Å². The van der Waals surface area contributed by atoms with E-state index in [0.717, 1.165) is 11.3 Å². The molecule has 2 rings (SSSR count). The molecule has 0 atom stereocenters. The number of nitrogens with one attached hydrogen (secondary N) is 1. The average Bonchev–Trinajstić information content (AvgIpc) is 2.04. The van der Waals surface area contributed by atoms with Gasteiger partial charge < -0.3 is 5.32 Å². The number of para-hydroxylation sites is 1. The van der Waals surface area contributed by atoms with Gasteiger partial charge in [-0.05, 0) is 11.6 Å². The van der Waals surface area contributed by atoms with E-state index in [9.17, 15) is 4.79 Å². The van der Waals surface area contributed by atoms with E-state index in [1.165, 1.54) is 0 Å². The molecule has 0 saturated carbocycles. The number of hydrogen-bond donors (Lipinski definition) is 1. The Balaban J connectivity index is 2.41. The van der Waals surface area contributed by atoms with Crippen molar-refractivity contribution in [2.24, 2.45) is 0 Å². The average molecular weight is 147 g/mol. The molecule has 3 nitrogen and oxygen atoms in total. The number of benzene rings is 1. The van der Waals surface area contributed by atoms with Crippen LogP contribution in [0, 0.1) is 0 Å². The lowest BCUT2D eigenvalue weighted by Crippen LogP contribution is -2.27. The smallest absolute Gasteiger partial charge is 0.306 e. The Kier molecular flexibility index (Phi) is 1.28. The van der Waals surface area contributed by atoms with Gasteiger partial charge in [0.2, 0.25) is 0 Å². The van der Waals surface area contributed by atoms with Crippen LogP contribution < -0.4 is 10.6 Å². The summed E-state index contributed by atoms with van der Waals surface area (Å²) in [6.07, 6.45) is 0. The molecule has 0 spiro atoms. The summed E-state index contributed by atoms with van der Waals surface area (Å²) < 4.78 is 0. The van der Waals surface area contributed by atoms with Crippen LogP contribution in [0.1, 0.15) is 5.56 Å². The van der Waals surface area contributed by atoms with Crippen LogP contribution in [0.4, 0.5) is 10.5 Å². The van der Waals surface area contributed by atoms with Gasteiger partial charge >= 0.3 is 6.03 Å². The fraction of sp³-hybridized carbons (Fsp3) is 0.125. The van der Waals surface area contributed by atoms with Gasteiger partial charge in [0.25, 0.3) is 0 Å². The quantitative estimate of drug-likeness (QED) is 0.591. The van der Waals surface area contributed by atoms with Crippen molar-refractivity contribution in [2.75, 3.05) is 5.32 Å². The highest BCUT2D eigenvalue weighted by Gasteiger charge is 2.13. The number of urea groups is 1. The zero-order chi connectivity index (χ0) is 7.68. The Morgan fingerprint density at radius 2 is 2.18 bits per heavy atom. The standard InChI is InChI=1S/C8H7N2O/c11-8-9-5-6-3-1-2-4-7(6)10-8/h1-4H,5H2,(H,10,11). The monoisotopic (exact) mass is 147 g/mol. The van der Waals surface area contributed by atoms with Crippen LogP contribution in [-0.4, -0.2) is 6.03 Å². The second-order valence-corrected chi connectivity index (χ2v) is 2.40. The van der Waals surface area contributed by atoms with Crippen molar-refractivity contribution in [1.29, 1.82) is 0 Å². The first-order valence-corrected chi connectivity index (χ1v) is 3.42.